The molecule has 0 radical (unpaired) electrons. The summed E-state index contributed by atoms with van der Waals surface area (Å²) in [5.41, 5.74) is 2.85. The van der Waals surface area contributed by atoms with Crippen LogP contribution in [-0.2, 0) is 21.1 Å². The van der Waals surface area contributed by atoms with Gasteiger partial charge in [0.1, 0.15) is 0 Å². The van der Waals surface area contributed by atoms with E-state index in [4.69, 9.17) is 0 Å². The Hall–Kier alpha value is -0.990. The fourth-order valence-corrected chi connectivity index (χ4v) is 5.14. The van der Waals surface area contributed by atoms with E-state index in [1.807, 2.05) is 24.4 Å². The van der Waals surface area contributed by atoms with Crippen molar-refractivity contribution in [3.63, 3.8) is 0 Å². The Kier molecular flexibility index (Phi) is 5.94. The lowest BCUT2D eigenvalue weighted by Gasteiger charge is -2.22. The Labute approximate surface area is 135 Å². The van der Waals surface area contributed by atoms with Crippen molar-refractivity contribution >= 4 is 27.1 Å². The lowest BCUT2D eigenvalue weighted by molar-refractivity contribution is -0.121. The standard InChI is InChI=1S/C14H23N3O3S2/c1-11-13(21-10-16-11)3-6-15-14(18)4-7-17(2)12-5-8-22(19,20)9-12/h10,12H,3-9H2,1-2H3,(H,15,18)/t12-/m1/s1. The van der Waals surface area contributed by atoms with Crippen molar-refractivity contribution < 1.29 is 13.2 Å². The number of nitrogens with one attached hydrogen (secondary N) is 1. The topological polar surface area (TPSA) is 79.4 Å². The van der Waals surface area contributed by atoms with Crippen LogP contribution in [0.3, 0.4) is 0 Å². The SMILES string of the molecule is Cc1ncsc1CCNC(=O)CCN(C)[C@@H]1CCS(=O)(=O)C1. The number of aryl methyl sites for hydroxylation is 1. The summed E-state index contributed by atoms with van der Waals surface area (Å²) in [5, 5.41) is 2.91. The number of carbonyl (C=O) groups excluding carboxylic acids is 1. The van der Waals surface area contributed by atoms with Gasteiger partial charge in [-0.1, -0.05) is 0 Å². The molecule has 1 aromatic heterocycles. The minimum Gasteiger partial charge on any atom is -0.356 e. The first-order valence-corrected chi connectivity index (χ1v) is 10.1. The molecule has 0 unspecified atom stereocenters. The first-order chi connectivity index (χ1) is 10.4. The Morgan fingerprint density at radius 3 is 2.91 bits per heavy atom. The molecule has 1 aromatic rings. The van der Waals surface area contributed by atoms with E-state index in [-0.39, 0.29) is 23.5 Å². The van der Waals surface area contributed by atoms with Gasteiger partial charge in [0.15, 0.2) is 9.84 Å². The van der Waals surface area contributed by atoms with Gasteiger partial charge in [0, 0.05) is 36.9 Å². The van der Waals surface area contributed by atoms with Crippen molar-refractivity contribution in [1.29, 1.82) is 0 Å². The second kappa shape index (κ2) is 7.52. The zero-order valence-corrected chi connectivity index (χ0v) is 14.7. The van der Waals surface area contributed by atoms with Gasteiger partial charge in [-0.2, -0.15) is 0 Å². The maximum absolute atomic E-state index is 11.8. The van der Waals surface area contributed by atoms with Gasteiger partial charge < -0.3 is 10.2 Å². The number of hydrogen-bond acceptors (Lipinski definition) is 6. The summed E-state index contributed by atoms with van der Waals surface area (Å²) in [6.45, 7) is 3.17. The molecule has 1 saturated heterocycles. The average molecular weight is 345 g/mol. The largest absolute Gasteiger partial charge is 0.356 e. The van der Waals surface area contributed by atoms with Crippen LogP contribution in [0.5, 0.6) is 0 Å². The quantitative estimate of drug-likeness (QED) is 0.784. The molecule has 1 amide bonds. The van der Waals surface area contributed by atoms with Gasteiger partial charge in [-0.15, -0.1) is 11.3 Å². The molecule has 6 nitrogen and oxygen atoms in total. The van der Waals surface area contributed by atoms with Crippen LogP contribution in [0, 0.1) is 6.92 Å². The average Bonchev–Trinajstić information content (AvgIpc) is 3.02. The molecule has 0 aliphatic carbocycles. The lowest BCUT2D eigenvalue weighted by Crippen LogP contribution is -2.36. The van der Waals surface area contributed by atoms with Crippen molar-refractivity contribution in [2.45, 2.75) is 32.2 Å². The van der Waals surface area contributed by atoms with Gasteiger partial charge in [0.05, 0.1) is 22.7 Å². The monoisotopic (exact) mass is 345 g/mol. The number of rotatable bonds is 7. The first kappa shape index (κ1) is 17.4. The highest BCUT2D eigenvalue weighted by Gasteiger charge is 2.30. The van der Waals surface area contributed by atoms with Crippen LogP contribution in [0.15, 0.2) is 5.51 Å². The number of sulfone groups is 1. The maximum Gasteiger partial charge on any atom is 0.221 e. The van der Waals surface area contributed by atoms with Crippen molar-refractivity contribution in [2.24, 2.45) is 0 Å². The number of aromatic nitrogens is 1. The van der Waals surface area contributed by atoms with Crippen LogP contribution in [0.4, 0.5) is 0 Å². The molecule has 1 N–H and O–H groups in total. The molecule has 0 spiro atoms. The highest BCUT2D eigenvalue weighted by molar-refractivity contribution is 7.91. The highest BCUT2D eigenvalue weighted by atomic mass is 32.2. The van der Waals surface area contributed by atoms with Crippen LogP contribution in [-0.4, -0.2) is 61.9 Å². The molecule has 2 rings (SSSR count). The van der Waals surface area contributed by atoms with Crippen molar-refractivity contribution in [2.75, 3.05) is 31.6 Å². The third kappa shape index (κ3) is 5.03. The van der Waals surface area contributed by atoms with E-state index in [0.717, 1.165) is 12.1 Å². The van der Waals surface area contributed by atoms with Crippen LogP contribution in [0.2, 0.25) is 0 Å². The van der Waals surface area contributed by atoms with Crippen molar-refractivity contribution in [3.05, 3.63) is 16.1 Å². The van der Waals surface area contributed by atoms with Gasteiger partial charge in [0.2, 0.25) is 5.91 Å². The summed E-state index contributed by atoms with van der Waals surface area (Å²) in [6, 6.07) is 0.0534. The van der Waals surface area contributed by atoms with Gasteiger partial charge >= 0.3 is 0 Å². The Morgan fingerprint density at radius 1 is 1.55 bits per heavy atom. The molecule has 1 fully saturated rings. The molecule has 1 atom stereocenters. The van der Waals surface area contributed by atoms with E-state index in [1.54, 1.807) is 11.3 Å². The highest BCUT2D eigenvalue weighted by Crippen LogP contribution is 2.16. The van der Waals surface area contributed by atoms with Crippen molar-refractivity contribution in [3.8, 4) is 0 Å². The Balaban J connectivity index is 1.64. The normalized spacial score (nSPS) is 20.4. The maximum atomic E-state index is 11.8. The third-order valence-corrected chi connectivity index (χ3v) is 6.79. The van der Waals surface area contributed by atoms with Gasteiger partial charge in [-0.05, 0) is 20.4 Å². The molecule has 22 heavy (non-hydrogen) atoms. The number of nitrogens with zero attached hydrogens (tertiary/aromatic N) is 2. The number of hydrogen-bond donors (Lipinski definition) is 1. The predicted molar refractivity (Wildman–Crippen MR) is 87.9 cm³/mol. The van der Waals surface area contributed by atoms with Crippen LogP contribution >= 0.6 is 11.3 Å². The molecule has 8 heteroatoms. The molecule has 124 valence electrons. The van der Waals surface area contributed by atoms with E-state index < -0.39 is 9.84 Å². The summed E-state index contributed by atoms with van der Waals surface area (Å²) in [4.78, 5) is 19.2. The molecule has 0 aromatic carbocycles. The number of carbonyl (C=O) groups is 1. The molecular weight excluding hydrogens is 322 g/mol. The smallest absolute Gasteiger partial charge is 0.221 e. The predicted octanol–water partition coefficient (Wildman–Crippen LogP) is 0.619. The fraction of sp³-hybridized carbons (Fsp3) is 0.714. The van der Waals surface area contributed by atoms with Gasteiger partial charge in [-0.25, -0.2) is 13.4 Å². The molecule has 2 heterocycles. The van der Waals surface area contributed by atoms with E-state index >= 15 is 0 Å². The summed E-state index contributed by atoms with van der Waals surface area (Å²) in [7, 11) is -0.981. The summed E-state index contributed by atoms with van der Waals surface area (Å²) in [6.07, 6.45) is 1.87. The van der Waals surface area contributed by atoms with Crippen LogP contribution in [0.25, 0.3) is 0 Å². The van der Waals surface area contributed by atoms with E-state index in [1.165, 1.54) is 4.88 Å². The molecule has 0 bridgehead atoms. The van der Waals surface area contributed by atoms with Gasteiger partial charge in [-0.3, -0.25) is 4.79 Å². The molecule has 0 saturated carbocycles. The number of amides is 1. The zero-order chi connectivity index (χ0) is 16.2. The number of thiazole rings is 1. The molecule has 1 aliphatic heterocycles. The van der Waals surface area contributed by atoms with Gasteiger partial charge in [0.25, 0.3) is 0 Å². The van der Waals surface area contributed by atoms with E-state index in [9.17, 15) is 13.2 Å². The second-order valence-electron chi connectivity index (χ2n) is 5.75. The fourth-order valence-electron chi connectivity index (χ4n) is 2.55. The molecular formula is C14H23N3O3S2. The summed E-state index contributed by atoms with van der Waals surface area (Å²) < 4.78 is 22.9. The zero-order valence-electron chi connectivity index (χ0n) is 13.0. The van der Waals surface area contributed by atoms with Crippen LogP contribution < -0.4 is 5.32 Å². The minimum absolute atomic E-state index is 0.00914. The minimum atomic E-state index is -2.87. The lowest BCUT2D eigenvalue weighted by atomic mass is 10.2. The summed E-state index contributed by atoms with van der Waals surface area (Å²) in [5.74, 6) is 0.493. The van der Waals surface area contributed by atoms with Crippen LogP contribution in [0.1, 0.15) is 23.4 Å². The summed E-state index contributed by atoms with van der Waals surface area (Å²) >= 11 is 1.61. The third-order valence-electron chi connectivity index (χ3n) is 4.04. The Bertz CT molecular complexity index is 613. The Morgan fingerprint density at radius 2 is 2.32 bits per heavy atom. The van der Waals surface area contributed by atoms with E-state index in [2.05, 4.69) is 10.3 Å². The molecule has 1 aliphatic rings. The van der Waals surface area contributed by atoms with E-state index in [0.29, 0.717) is 25.9 Å². The van der Waals surface area contributed by atoms with Crippen molar-refractivity contribution in [1.82, 2.24) is 15.2 Å². The first-order valence-electron chi connectivity index (χ1n) is 7.44. The second-order valence-corrected chi connectivity index (χ2v) is 8.92.